The Balaban J connectivity index is 1.83. The average Bonchev–Trinajstić information content (AvgIpc) is 3.06. The summed E-state index contributed by atoms with van der Waals surface area (Å²) >= 11 is 0. The number of para-hydroxylation sites is 3. The van der Waals surface area contributed by atoms with E-state index in [-0.39, 0.29) is 0 Å². The fourth-order valence-electron chi connectivity index (χ4n) is 2.51. The summed E-state index contributed by atoms with van der Waals surface area (Å²) < 4.78 is 4.17. The van der Waals surface area contributed by atoms with Gasteiger partial charge in [0.15, 0.2) is 0 Å². The maximum atomic E-state index is 5.94. The van der Waals surface area contributed by atoms with Gasteiger partial charge in [-0.25, -0.2) is 9.97 Å². The Bertz CT molecular complexity index is 903. The molecule has 20 heavy (non-hydrogen) atoms. The Morgan fingerprint density at radius 2 is 1.60 bits per heavy atom. The van der Waals surface area contributed by atoms with Crippen LogP contribution in [0.5, 0.6) is 0 Å². The SMILES string of the molecule is Nc1cccc2c1ncn2Cn1cnc2ccccc21. The summed E-state index contributed by atoms with van der Waals surface area (Å²) in [6.07, 6.45) is 3.67. The topological polar surface area (TPSA) is 61.7 Å². The molecule has 4 aromatic rings. The number of hydrogen-bond acceptors (Lipinski definition) is 3. The summed E-state index contributed by atoms with van der Waals surface area (Å²) in [6, 6.07) is 13.9. The molecule has 2 N–H and O–H groups in total. The molecule has 0 spiro atoms. The maximum absolute atomic E-state index is 5.94. The molecule has 2 aromatic heterocycles. The molecule has 2 heterocycles. The third-order valence-corrected chi connectivity index (χ3v) is 3.51. The van der Waals surface area contributed by atoms with Crippen molar-refractivity contribution in [3.8, 4) is 0 Å². The van der Waals surface area contributed by atoms with Gasteiger partial charge in [-0.3, -0.25) is 0 Å². The minimum absolute atomic E-state index is 0.667. The van der Waals surface area contributed by atoms with Crippen molar-refractivity contribution in [2.75, 3.05) is 5.73 Å². The first-order valence-electron chi connectivity index (χ1n) is 6.42. The smallest absolute Gasteiger partial charge is 0.111 e. The van der Waals surface area contributed by atoms with Gasteiger partial charge in [0.1, 0.15) is 12.2 Å². The van der Waals surface area contributed by atoms with E-state index in [2.05, 4.69) is 25.2 Å². The van der Waals surface area contributed by atoms with Gasteiger partial charge in [-0.15, -0.1) is 0 Å². The fourth-order valence-corrected chi connectivity index (χ4v) is 2.51. The minimum Gasteiger partial charge on any atom is -0.397 e. The third-order valence-electron chi connectivity index (χ3n) is 3.51. The van der Waals surface area contributed by atoms with Crippen LogP contribution in [0.25, 0.3) is 22.1 Å². The highest BCUT2D eigenvalue weighted by Gasteiger charge is 2.07. The number of benzene rings is 2. The van der Waals surface area contributed by atoms with Gasteiger partial charge in [-0.2, -0.15) is 0 Å². The van der Waals surface area contributed by atoms with Crippen LogP contribution >= 0.6 is 0 Å². The van der Waals surface area contributed by atoms with Gasteiger partial charge < -0.3 is 14.9 Å². The Morgan fingerprint density at radius 3 is 2.55 bits per heavy atom. The number of hydrogen-bond donors (Lipinski definition) is 1. The molecule has 0 saturated carbocycles. The summed E-state index contributed by atoms with van der Waals surface area (Å²) in [5.74, 6) is 0. The second-order valence-corrected chi connectivity index (χ2v) is 4.77. The Hall–Kier alpha value is -2.82. The lowest BCUT2D eigenvalue weighted by atomic mass is 10.3. The van der Waals surface area contributed by atoms with E-state index in [9.17, 15) is 0 Å². The normalized spacial score (nSPS) is 11.4. The van der Waals surface area contributed by atoms with E-state index in [4.69, 9.17) is 5.73 Å². The quantitative estimate of drug-likeness (QED) is 0.565. The lowest BCUT2D eigenvalue weighted by molar-refractivity contribution is 0.637. The number of imidazole rings is 2. The standard InChI is InChI=1S/C15H13N5/c16-11-4-3-7-14-15(11)18-9-20(14)10-19-8-17-12-5-1-2-6-13(12)19/h1-9H,10,16H2. The van der Waals surface area contributed by atoms with Crippen LogP contribution in [-0.2, 0) is 6.67 Å². The zero-order valence-electron chi connectivity index (χ0n) is 10.8. The number of rotatable bonds is 2. The van der Waals surface area contributed by atoms with Crippen molar-refractivity contribution in [3.05, 3.63) is 55.1 Å². The molecule has 0 unspecified atom stereocenters. The van der Waals surface area contributed by atoms with Crippen LogP contribution in [0.15, 0.2) is 55.1 Å². The van der Waals surface area contributed by atoms with Crippen LogP contribution < -0.4 is 5.73 Å². The van der Waals surface area contributed by atoms with E-state index < -0.39 is 0 Å². The monoisotopic (exact) mass is 263 g/mol. The van der Waals surface area contributed by atoms with Crippen molar-refractivity contribution in [3.63, 3.8) is 0 Å². The van der Waals surface area contributed by atoms with Crippen molar-refractivity contribution >= 4 is 27.8 Å². The van der Waals surface area contributed by atoms with E-state index in [0.29, 0.717) is 12.4 Å². The number of nitrogens with zero attached hydrogens (tertiary/aromatic N) is 4. The molecule has 0 aliphatic carbocycles. The lowest BCUT2D eigenvalue weighted by Crippen LogP contribution is -2.05. The number of fused-ring (bicyclic) bond motifs is 2. The first-order valence-corrected chi connectivity index (χ1v) is 6.42. The number of aromatic nitrogens is 4. The molecule has 0 aliphatic rings. The van der Waals surface area contributed by atoms with E-state index in [1.807, 2.05) is 49.1 Å². The highest BCUT2D eigenvalue weighted by atomic mass is 15.2. The molecule has 0 aliphatic heterocycles. The van der Waals surface area contributed by atoms with Crippen molar-refractivity contribution in [2.45, 2.75) is 6.67 Å². The molecule has 5 heteroatoms. The predicted octanol–water partition coefficient (Wildman–Crippen LogP) is 2.47. The van der Waals surface area contributed by atoms with Crippen molar-refractivity contribution in [1.29, 1.82) is 0 Å². The van der Waals surface area contributed by atoms with Crippen molar-refractivity contribution in [2.24, 2.45) is 0 Å². The first kappa shape index (κ1) is 11.0. The minimum atomic E-state index is 0.667. The van der Waals surface area contributed by atoms with Gasteiger partial charge in [0, 0.05) is 0 Å². The Labute approximate surface area is 115 Å². The summed E-state index contributed by atoms with van der Waals surface area (Å²) in [5.41, 5.74) is 10.6. The molecule has 4 rings (SSSR count). The third kappa shape index (κ3) is 1.56. The van der Waals surface area contributed by atoms with Gasteiger partial charge in [0.25, 0.3) is 0 Å². The Kier molecular flexibility index (Phi) is 2.26. The van der Waals surface area contributed by atoms with Crippen LogP contribution in [0.1, 0.15) is 0 Å². The molecule has 0 amide bonds. The predicted molar refractivity (Wildman–Crippen MR) is 79.3 cm³/mol. The van der Waals surface area contributed by atoms with Crippen LogP contribution in [-0.4, -0.2) is 19.1 Å². The van der Waals surface area contributed by atoms with E-state index >= 15 is 0 Å². The number of nitrogen functional groups attached to an aromatic ring is 1. The largest absolute Gasteiger partial charge is 0.397 e. The average molecular weight is 263 g/mol. The summed E-state index contributed by atoms with van der Waals surface area (Å²) in [4.78, 5) is 8.78. The summed E-state index contributed by atoms with van der Waals surface area (Å²) in [6.45, 7) is 0.667. The fraction of sp³-hybridized carbons (Fsp3) is 0.0667. The molecule has 2 aromatic carbocycles. The molecule has 98 valence electrons. The van der Waals surface area contributed by atoms with Gasteiger partial charge in [-0.1, -0.05) is 18.2 Å². The zero-order valence-corrected chi connectivity index (χ0v) is 10.8. The molecular weight excluding hydrogens is 250 g/mol. The van der Waals surface area contributed by atoms with Gasteiger partial charge in [0.2, 0.25) is 0 Å². The molecule has 0 fully saturated rings. The van der Waals surface area contributed by atoms with Gasteiger partial charge >= 0.3 is 0 Å². The Morgan fingerprint density at radius 1 is 0.850 bits per heavy atom. The molecule has 0 saturated heterocycles. The molecule has 5 nitrogen and oxygen atoms in total. The van der Waals surface area contributed by atoms with Gasteiger partial charge in [0.05, 0.1) is 34.9 Å². The lowest BCUT2D eigenvalue weighted by Gasteiger charge is -2.07. The summed E-state index contributed by atoms with van der Waals surface area (Å²) in [5, 5.41) is 0. The molecule has 0 radical (unpaired) electrons. The number of nitrogens with two attached hydrogens (primary N) is 1. The van der Waals surface area contributed by atoms with Crippen LogP contribution in [0.4, 0.5) is 5.69 Å². The molecular formula is C15H13N5. The van der Waals surface area contributed by atoms with Gasteiger partial charge in [-0.05, 0) is 24.3 Å². The summed E-state index contributed by atoms with van der Waals surface area (Å²) in [7, 11) is 0. The van der Waals surface area contributed by atoms with Crippen LogP contribution in [0, 0.1) is 0 Å². The maximum Gasteiger partial charge on any atom is 0.111 e. The second-order valence-electron chi connectivity index (χ2n) is 4.77. The van der Waals surface area contributed by atoms with Crippen molar-refractivity contribution < 1.29 is 0 Å². The highest BCUT2D eigenvalue weighted by Crippen LogP contribution is 2.20. The van der Waals surface area contributed by atoms with E-state index in [1.54, 1.807) is 0 Å². The molecule has 0 bridgehead atoms. The zero-order chi connectivity index (χ0) is 13.5. The highest BCUT2D eigenvalue weighted by molar-refractivity contribution is 5.87. The van der Waals surface area contributed by atoms with E-state index in [0.717, 1.165) is 22.1 Å². The van der Waals surface area contributed by atoms with Crippen LogP contribution in [0.3, 0.4) is 0 Å². The second kappa shape index (κ2) is 4.09. The molecule has 0 atom stereocenters. The first-order chi connectivity index (χ1) is 9.83. The van der Waals surface area contributed by atoms with Crippen LogP contribution in [0.2, 0.25) is 0 Å². The van der Waals surface area contributed by atoms with E-state index in [1.165, 1.54) is 0 Å². The van der Waals surface area contributed by atoms with Crippen molar-refractivity contribution in [1.82, 2.24) is 19.1 Å². The number of anilines is 1.